The van der Waals surface area contributed by atoms with Crippen LogP contribution < -0.4 is 10.6 Å². The number of anilines is 2. The lowest BCUT2D eigenvalue weighted by Crippen LogP contribution is -2.14. The second-order valence-electron chi connectivity index (χ2n) is 4.19. The Morgan fingerprint density at radius 3 is 2.90 bits per heavy atom. The predicted molar refractivity (Wildman–Crippen MR) is 75.7 cm³/mol. The lowest BCUT2D eigenvalue weighted by molar-refractivity contribution is 0.102. The number of carbonyl (C=O) groups is 1. The number of nitrogens with zero attached hydrogens (tertiary/aromatic N) is 2. The largest absolute Gasteiger partial charge is 0.373 e. The fourth-order valence-corrected chi connectivity index (χ4v) is 1.97. The van der Waals surface area contributed by atoms with Crippen molar-refractivity contribution in [3.05, 3.63) is 48.5 Å². The Morgan fingerprint density at radius 1 is 1.30 bits per heavy atom. The fraction of sp³-hybridized carbons (Fsp3) is 0.0714. The van der Waals surface area contributed by atoms with E-state index in [1.165, 1.54) is 12.5 Å². The highest BCUT2D eigenvalue weighted by Crippen LogP contribution is 2.22. The van der Waals surface area contributed by atoms with Gasteiger partial charge in [-0.1, -0.05) is 29.4 Å². The molecule has 3 aromatic rings. The van der Waals surface area contributed by atoms with Crippen LogP contribution >= 0.6 is 0 Å². The van der Waals surface area contributed by atoms with E-state index in [9.17, 15) is 4.79 Å². The van der Waals surface area contributed by atoms with Crippen LogP contribution in [0.4, 0.5) is 11.5 Å². The summed E-state index contributed by atoms with van der Waals surface area (Å²) in [7, 11) is 1.77. The van der Waals surface area contributed by atoms with Gasteiger partial charge >= 0.3 is 0 Å². The monoisotopic (exact) mass is 268 g/mol. The van der Waals surface area contributed by atoms with Gasteiger partial charge in [-0.25, -0.2) is 4.98 Å². The maximum atomic E-state index is 12.2. The van der Waals surface area contributed by atoms with Gasteiger partial charge in [-0.05, 0) is 11.5 Å². The molecular formula is C14H12N4O2. The number of pyridine rings is 1. The van der Waals surface area contributed by atoms with Gasteiger partial charge in [0.2, 0.25) is 0 Å². The fourth-order valence-electron chi connectivity index (χ4n) is 1.97. The molecule has 6 heteroatoms. The van der Waals surface area contributed by atoms with E-state index < -0.39 is 0 Å². The number of amides is 1. The van der Waals surface area contributed by atoms with Gasteiger partial charge in [0.05, 0.1) is 6.20 Å². The van der Waals surface area contributed by atoms with E-state index in [1.807, 2.05) is 24.3 Å². The lowest BCUT2D eigenvalue weighted by Gasteiger charge is -2.08. The van der Waals surface area contributed by atoms with Crippen LogP contribution in [0.2, 0.25) is 0 Å². The van der Waals surface area contributed by atoms with Crippen LogP contribution in [0.5, 0.6) is 0 Å². The van der Waals surface area contributed by atoms with E-state index in [0.717, 1.165) is 10.8 Å². The van der Waals surface area contributed by atoms with Crippen molar-refractivity contribution >= 4 is 28.2 Å². The molecule has 0 saturated carbocycles. The summed E-state index contributed by atoms with van der Waals surface area (Å²) in [6, 6.07) is 9.49. The minimum Gasteiger partial charge on any atom is -0.373 e. The van der Waals surface area contributed by atoms with E-state index in [1.54, 1.807) is 13.1 Å². The quantitative estimate of drug-likeness (QED) is 0.763. The molecule has 2 aromatic heterocycles. The molecule has 20 heavy (non-hydrogen) atoms. The van der Waals surface area contributed by atoms with E-state index in [-0.39, 0.29) is 5.91 Å². The highest BCUT2D eigenvalue weighted by molar-refractivity contribution is 6.06. The first-order chi connectivity index (χ1) is 9.78. The molecule has 0 aliphatic heterocycles. The van der Waals surface area contributed by atoms with Crippen molar-refractivity contribution in [2.24, 2.45) is 0 Å². The molecule has 1 aromatic carbocycles. The molecule has 0 aliphatic rings. The molecule has 0 atom stereocenters. The Hall–Kier alpha value is -2.89. The summed E-state index contributed by atoms with van der Waals surface area (Å²) in [5.41, 5.74) is 0.824. The van der Waals surface area contributed by atoms with Crippen molar-refractivity contribution in [3.8, 4) is 0 Å². The molecule has 0 unspecified atom stereocenters. The van der Waals surface area contributed by atoms with Crippen LogP contribution in [0, 0.1) is 0 Å². The summed E-state index contributed by atoms with van der Waals surface area (Å²) >= 11 is 0. The van der Waals surface area contributed by atoms with Gasteiger partial charge in [-0.15, -0.1) is 0 Å². The number of rotatable bonds is 3. The molecule has 2 heterocycles. The molecular weight excluding hydrogens is 256 g/mol. The summed E-state index contributed by atoms with van der Waals surface area (Å²) in [5, 5.41) is 11.1. The van der Waals surface area contributed by atoms with Gasteiger partial charge < -0.3 is 15.2 Å². The van der Waals surface area contributed by atoms with Crippen LogP contribution in [0.15, 0.2) is 47.3 Å². The average Bonchev–Trinajstić information content (AvgIpc) is 2.99. The molecule has 3 rings (SSSR count). The Kier molecular flexibility index (Phi) is 3.04. The number of carbonyl (C=O) groups excluding carboxylic acids is 1. The Morgan fingerprint density at radius 2 is 2.15 bits per heavy atom. The normalized spacial score (nSPS) is 10.4. The smallest absolute Gasteiger partial charge is 0.274 e. The zero-order chi connectivity index (χ0) is 13.9. The van der Waals surface area contributed by atoms with E-state index in [2.05, 4.69) is 25.3 Å². The average molecular weight is 268 g/mol. The second-order valence-corrected chi connectivity index (χ2v) is 4.19. The van der Waals surface area contributed by atoms with Gasteiger partial charge in [-0.3, -0.25) is 4.79 Å². The van der Waals surface area contributed by atoms with Crippen LogP contribution in [0.3, 0.4) is 0 Å². The van der Waals surface area contributed by atoms with Crippen molar-refractivity contribution in [2.45, 2.75) is 0 Å². The molecule has 0 bridgehead atoms. The number of benzene rings is 1. The van der Waals surface area contributed by atoms with Crippen LogP contribution in [0.25, 0.3) is 10.8 Å². The van der Waals surface area contributed by atoms with E-state index in [0.29, 0.717) is 17.2 Å². The summed E-state index contributed by atoms with van der Waals surface area (Å²) < 4.78 is 4.67. The third kappa shape index (κ3) is 2.18. The predicted octanol–water partition coefficient (Wildman–Crippen LogP) is 2.52. The summed E-state index contributed by atoms with van der Waals surface area (Å²) in [6.07, 6.45) is 2.79. The highest BCUT2D eigenvalue weighted by Gasteiger charge is 2.12. The molecule has 0 fully saturated rings. The molecule has 0 radical (unpaired) electrons. The van der Waals surface area contributed by atoms with Crippen molar-refractivity contribution in [1.82, 2.24) is 10.1 Å². The Labute approximate surface area is 114 Å². The van der Waals surface area contributed by atoms with Crippen LogP contribution in [0.1, 0.15) is 10.5 Å². The molecule has 0 spiro atoms. The third-order valence-electron chi connectivity index (χ3n) is 2.90. The van der Waals surface area contributed by atoms with Crippen LogP contribution in [-0.2, 0) is 0 Å². The lowest BCUT2D eigenvalue weighted by atomic mass is 10.1. The maximum absolute atomic E-state index is 12.2. The minimum atomic E-state index is -0.310. The van der Waals surface area contributed by atoms with Crippen LogP contribution in [-0.4, -0.2) is 23.1 Å². The summed E-state index contributed by atoms with van der Waals surface area (Å²) in [6.45, 7) is 0. The molecule has 0 aliphatic carbocycles. The molecule has 1 amide bonds. The number of hydrogen-bond donors (Lipinski definition) is 2. The summed E-state index contributed by atoms with van der Waals surface area (Å²) in [4.78, 5) is 16.5. The van der Waals surface area contributed by atoms with Gasteiger partial charge in [0.15, 0.2) is 0 Å². The van der Waals surface area contributed by atoms with E-state index in [4.69, 9.17) is 0 Å². The van der Waals surface area contributed by atoms with Crippen molar-refractivity contribution in [2.75, 3.05) is 17.7 Å². The maximum Gasteiger partial charge on any atom is 0.274 e. The minimum absolute atomic E-state index is 0.310. The molecule has 6 nitrogen and oxygen atoms in total. The standard InChI is InChI=1S/C14H12N4O2/c1-15-13-11-5-3-2-4-9(11)6-12(18-13)14(19)17-10-7-16-20-8-10/h2-8H,1H3,(H,15,18)(H,17,19). The topological polar surface area (TPSA) is 80.0 Å². The van der Waals surface area contributed by atoms with Crippen molar-refractivity contribution in [1.29, 1.82) is 0 Å². The van der Waals surface area contributed by atoms with Gasteiger partial charge in [0.25, 0.3) is 5.91 Å². The zero-order valence-corrected chi connectivity index (χ0v) is 10.8. The SMILES string of the molecule is CNc1nc(C(=O)Nc2cnoc2)cc2ccccc12. The Bertz CT molecular complexity index is 753. The molecule has 100 valence electrons. The van der Waals surface area contributed by atoms with Gasteiger partial charge in [0, 0.05) is 12.4 Å². The van der Waals surface area contributed by atoms with Crippen molar-refractivity contribution in [3.63, 3.8) is 0 Å². The first kappa shape index (κ1) is 12.2. The number of aromatic nitrogens is 2. The van der Waals surface area contributed by atoms with Crippen molar-refractivity contribution < 1.29 is 9.32 Å². The number of nitrogens with one attached hydrogen (secondary N) is 2. The third-order valence-corrected chi connectivity index (χ3v) is 2.90. The number of hydrogen-bond acceptors (Lipinski definition) is 5. The first-order valence-corrected chi connectivity index (χ1v) is 6.06. The Balaban J connectivity index is 2.01. The van der Waals surface area contributed by atoms with E-state index >= 15 is 0 Å². The molecule has 0 saturated heterocycles. The summed E-state index contributed by atoms with van der Waals surface area (Å²) in [5.74, 6) is 0.356. The first-order valence-electron chi connectivity index (χ1n) is 6.06. The highest BCUT2D eigenvalue weighted by atomic mass is 16.5. The van der Waals surface area contributed by atoms with Gasteiger partial charge in [0.1, 0.15) is 23.5 Å². The number of fused-ring (bicyclic) bond motifs is 1. The zero-order valence-electron chi connectivity index (χ0n) is 10.8. The second kappa shape index (κ2) is 5.00. The van der Waals surface area contributed by atoms with Gasteiger partial charge in [-0.2, -0.15) is 0 Å². The molecule has 2 N–H and O–H groups in total.